The zero-order valence-electron chi connectivity index (χ0n) is 10.2. The van der Waals surface area contributed by atoms with E-state index >= 15 is 0 Å². The number of rotatable bonds is 6. The van der Waals surface area contributed by atoms with Crippen molar-refractivity contribution < 1.29 is 14.6 Å². The molecule has 0 spiro atoms. The number of hydrogen-bond acceptors (Lipinski definition) is 2. The molecule has 19 heavy (non-hydrogen) atoms. The summed E-state index contributed by atoms with van der Waals surface area (Å²) in [4.78, 5) is 10.6. The Morgan fingerprint density at radius 2 is 2.16 bits per heavy atom. The van der Waals surface area contributed by atoms with E-state index in [0.717, 1.165) is 18.4 Å². The van der Waals surface area contributed by atoms with Gasteiger partial charge in [-0.2, -0.15) is 0 Å². The molecule has 1 fully saturated rings. The molecule has 0 saturated heterocycles. The number of aliphatic carboxylic acids is 1. The molecule has 0 atom stereocenters. The second-order valence-electron chi connectivity index (χ2n) is 4.56. The topological polar surface area (TPSA) is 46.5 Å². The van der Waals surface area contributed by atoms with Crippen molar-refractivity contribution in [2.75, 3.05) is 6.61 Å². The molecule has 0 bridgehead atoms. The lowest BCUT2D eigenvalue weighted by Gasteiger charge is -2.11. The first-order valence-corrected chi connectivity index (χ1v) is 6.84. The third kappa shape index (κ3) is 4.44. The van der Waals surface area contributed by atoms with Gasteiger partial charge in [0.15, 0.2) is 0 Å². The summed E-state index contributed by atoms with van der Waals surface area (Å²) in [7, 11) is 0. The van der Waals surface area contributed by atoms with Crippen LogP contribution in [0.25, 0.3) is 6.08 Å². The van der Waals surface area contributed by atoms with E-state index in [1.54, 1.807) is 12.1 Å². The molecule has 5 heteroatoms. The highest BCUT2D eigenvalue weighted by atomic mass is 35.5. The summed E-state index contributed by atoms with van der Waals surface area (Å²) in [5.74, 6) is 0.230. The number of carboxylic acids is 1. The lowest BCUT2D eigenvalue weighted by molar-refractivity contribution is -0.131. The molecule has 0 unspecified atom stereocenters. The molecular weight excluding hydrogens is 287 g/mol. The SMILES string of the molecule is O=C(O)C=Cc1cc(Cl)cc(Cl)c1OCCC1CC1. The summed E-state index contributed by atoms with van der Waals surface area (Å²) in [6.07, 6.45) is 6.01. The molecule has 0 aromatic heterocycles. The molecule has 2 rings (SSSR count). The van der Waals surface area contributed by atoms with Crippen molar-refractivity contribution in [2.24, 2.45) is 5.92 Å². The maximum Gasteiger partial charge on any atom is 0.328 e. The third-order valence-corrected chi connectivity index (χ3v) is 3.41. The normalized spacial score (nSPS) is 14.8. The molecule has 3 nitrogen and oxygen atoms in total. The minimum absolute atomic E-state index is 0.397. The molecule has 0 radical (unpaired) electrons. The Kier molecular flexibility index (Phi) is 4.72. The molecule has 1 aromatic rings. The van der Waals surface area contributed by atoms with E-state index in [4.69, 9.17) is 33.0 Å². The van der Waals surface area contributed by atoms with Crippen LogP contribution >= 0.6 is 23.2 Å². The van der Waals surface area contributed by atoms with Gasteiger partial charge in [-0.15, -0.1) is 0 Å². The Morgan fingerprint density at radius 1 is 1.42 bits per heavy atom. The maximum atomic E-state index is 10.6. The first-order valence-electron chi connectivity index (χ1n) is 6.09. The van der Waals surface area contributed by atoms with Crippen molar-refractivity contribution in [3.63, 3.8) is 0 Å². The van der Waals surface area contributed by atoms with E-state index in [1.807, 2.05) is 0 Å². The zero-order chi connectivity index (χ0) is 13.8. The van der Waals surface area contributed by atoms with Gasteiger partial charge in [0.25, 0.3) is 0 Å². The van der Waals surface area contributed by atoms with Gasteiger partial charge in [-0.25, -0.2) is 4.79 Å². The average molecular weight is 301 g/mol. The van der Waals surface area contributed by atoms with Crippen LogP contribution in [-0.2, 0) is 4.79 Å². The van der Waals surface area contributed by atoms with E-state index < -0.39 is 5.97 Å². The highest BCUT2D eigenvalue weighted by Crippen LogP contribution is 2.35. The minimum Gasteiger partial charge on any atom is -0.491 e. The smallest absolute Gasteiger partial charge is 0.328 e. The van der Waals surface area contributed by atoms with Crippen molar-refractivity contribution in [2.45, 2.75) is 19.3 Å². The highest BCUT2D eigenvalue weighted by Gasteiger charge is 2.21. The lowest BCUT2D eigenvalue weighted by atomic mass is 10.2. The quantitative estimate of drug-likeness (QED) is 0.798. The highest BCUT2D eigenvalue weighted by molar-refractivity contribution is 6.35. The fraction of sp³-hybridized carbons (Fsp3) is 0.357. The van der Waals surface area contributed by atoms with Gasteiger partial charge in [0.05, 0.1) is 11.6 Å². The third-order valence-electron chi connectivity index (χ3n) is 2.91. The van der Waals surface area contributed by atoms with Crippen LogP contribution in [0.1, 0.15) is 24.8 Å². The van der Waals surface area contributed by atoms with Crippen LogP contribution in [0.15, 0.2) is 18.2 Å². The van der Waals surface area contributed by atoms with Crippen LogP contribution in [-0.4, -0.2) is 17.7 Å². The number of halogens is 2. The Balaban J connectivity index is 2.14. The Morgan fingerprint density at radius 3 is 2.79 bits per heavy atom. The van der Waals surface area contributed by atoms with Crippen molar-refractivity contribution in [1.82, 2.24) is 0 Å². The molecular formula is C14H14Cl2O3. The Hall–Kier alpha value is -1.19. The van der Waals surface area contributed by atoms with E-state index in [1.165, 1.54) is 18.9 Å². The minimum atomic E-state index is -1.03. The van der Waals surface area contributed by atoms with Crippen LogP contribution in [0.4, 0.5) is 0 Å². The first-order chi connectivity index (χ1) is 9.06. The van der Waals surface area contributed by atoms with Crippen LogP contribution in [0.3, 0.4) is 0 Å². The molecule has 102 valence electrons. The summed E-state index contributed by atoms with van der Waals surface area (Å²) < 4.78 is 5.67. The monoisotopic (exact) mass is 300 g/mol. The summed E-state index contributed by atoms with van der Waals surface area (Å²) >= 11 is 12.0. The molecule has 1 saturated carbocycles. The Bertz CT molecular complexity index is 508. The molecule has 1 aliphatic carbocycles. The van der Waals surface area contributed by atoms with Gasteiger partial charge in [0, 0.05) is 16.7 Å². The van der Waals surface area contributed by atoms with Crippen molar-refractivity contribution in [3.8, 4) is 5.75 Å². The molecule has 0 amide bonds. The second-order valence-corrected chi connectivity index (χ2v) is 5.40. The maximum absolute atomic E-state index is 10.6. The average Bonchev–Trinajstić information content (AvgIpc) is 3.13. The number of ether oxygens (including phenoxy) is 1. The zero-order valence-corrected chi connectivity index (χ0v) is 11.7. The predicted molar refractivity (Wildman–Crippen MR) is 76.0 cm³/mol. The van der Waals surface area contributed by atoms with Gasteiger partial charge in [-0.05, 0) is 30.5 Å². The van der Waals surface area contributed by atoms with E-state index in [9.17, 15) is 4.79 Å². The predicted octanol–water partition coefficient (Wildman–Crippen LogP) is 4.27. The number of carboxylic acid groups (broad SMARTS) is 1. The summed E-state index contributed by atoms with van der Waals surface area (Å²) in [6.45, 7) is 0.583. The molecule has 1 aromatic carbocycles. The summed E-state index contributed by atoms with van der Waals surface area (Å²) in [5.41, 5.74) is 0.579. The fourth-order valence-corrected chi connectivity index (χ4v) is 2.32. The standard InChI is InChI=1S/C14H14Cl2O3/c15-11-7-10(3-4-13(17)18)14(12(16)8-11)19-6-5-9-1-2-9/h3-4,7-9H,1-2,5-6H2,(H,17,18). The lowest BCUT2D eigenvalue weighted by Crippen LogP contribution is -2.00. The number of benzene rings is 1. The number of hydrogen-bond donors (Lipinski definition) is 1. The van der Waals surface area contributed by atoms with Gasteiger partial charge in [-0.3, -0.25) is 0 Å². The largest absolute Gasteiger partial charge is 0.491 e. The van der Waals surface area contributed by atoms with E-state index in [2.05, 4.69) is 0 Å². The first kappa shape index (κ1) is 14.2. The van der Waals surface area contributed by atoms with Gasteiger partial charge in [0.1, 0.15) is 5.75 Å². The van der Waals surface area contributed by atoms with Crippen molar-refractivity contribution >= 4 is 35.2 Å². The van der Waals surface area contributed by atoms with Gasteiger partial charge in [0.2, 0.25) is 0 Å². The molecule has 1 aliphatic rings. The fourth-order valence-electron chi connectivity index (χ4n) is 1.75. The Labute approximate surface area is 121 Å². The van der Waals surface area contributed by atoms with Crippen LogP contribution in [0.2, 0.25) is 10.0 Å². The molecule has 1 N–H and O–H groups in total. The number of carbonyl (C=O) groups is 1. The van der Waals surface area contributed by atoms with Crippen LogP contribution in [0, 0.1) is 5.92 Å². The van der Waals surface area contributed by atoms with Gasteiger partial charge >= 0.3 is 5.97 Å². The van der Waals surface area contributed by atoms with Crippen molar-refractivity contribution in [3.05, 3.63) is 33.8 Å². The van der Waals surface area contributed by atoms with Crippen LogP contribution in [0.5, 0.6) is 5.75 Å². The summed E-state index contributed by atoms with van der Waals surface area (Å²) in [6, 6.07) is 3.23. The van der Waals surface area contributed by atoms with Crippen LogP contribution < -0.4 is 4.74 Å². The van der Waals surface area contributed by atoms with E-state index in [0.29, 0.717) is 28.0 Å². The molecule has 0 heterocycles. The summed E-state index contributed by atoms with van der Waals surface area (Å²) in [5, 5.41) is 9.51. The van der Waals surface area contributed by atoms with Crippen molar-refractivity contribution in [1.29, 1.82) is 0 Å². The van der Waals surface area contributed by atoms with Gasteiger partial charge < -0.3 is 9.84 Å². The molecule has 0 aliphatic heterocycles. The van der Waals surface area contributed by atoms with E-state index in [-0.39, 0.29) is 0 Å². The van der Waals surface area contributed by atoms with Gasteiger partial charge in [-0.1, -0.05) is 36.0 Å². The second kappa shape index (κ2) is 6.31.